The van der Waals surface area contributed by atoms with Gasteiger partial charge in [0.2, 0.25) is 10.0 Å². The third kappa shape index (κ3) is 4.85. The highest BCUT2D eigenvalue weighted by Crippen LogP contribution is 2.18. The third-order valence-corrected chi connectivity index (χ3v) is 7.43. The number of sulfonamides is 1. The molecule has 0 saturated carbocycles. The summed E-state index contributed by atoms with van der Waals surface area (Å²) in [6, 6.07) is 13.6. The molecule has 0 radical (unpaired) electrons. The first-order valence-electron chi connectivity index (χ1n) is 10.6. The fourth-order valence-corrected chi connectivity index (χ4v) is 5.12. The molecule has 9 nitrogen and oxygen atoms in total. The maximum absolute atomic E-state index is 13.2. The Kier molecular flexibility index (Phi) is 6.75. The van der Waals surface area contributed by atoms with Crippen molar-refractivity contribution in [3.8, 4) is 5.69 Å². The molecule has 1 aromatic heterocycles. The molecular weight excluding hydrogens is 463 g/mol. The number of carbonyl (C=O) groups excluding carboxylic acids is 2. The standard InChI is InChI=1S/C23H23FN4O5S/c1-17(33-23(30)21-15-25-16-28(21)19-9-7-18(24)8-10-19)22(29)26-11-13-27(14-12-26)34(31,32)20-5-3-2-4-6-20/h2-10,15-17H,11-14H2,1H3/t17-/m1/s1. The van der Waals surface area contributed by atoms with E-state index in [9.17, 15) is 22.4 Å². The van der Waals surface area contributed by atoms with Crippen LogP contribution in [-0.4, -0.2) is 71.3 Å². The van der Waals surface area contributed by atoms with Gasteiger partial charge < -0.3 is 9.64 Å². The molecule has 1 aliphatic heterocycles. The van der Waals surface area contributed by atoms with Crippen molar-refractivity contribution in [2.75, 3.05) is 26.2 Å². The van der Waals surface area contributed by atoms with Crippen LogP contribution in [0.5, 0.6) is 0 Å². The molecule has 0 bridgehead atoms. The summed E-state index contributed by atoms with van der Waals surface area (Å²) < 4.78 is 46.9. The Balaban J connectivity index is 1.37. The third-order valence-electron chi connectivity index (χ3n) is 5.52. The number of esters is 1. The van der Waals surface area contributed by atoms with Gasteiger partial charge in [0.25, 0.3) is 5.91 Å². The molecule has 0 N–H and O–H groups in total. The Bertz CT molecular complexity index is 1270. The van der Waals surface area contributed by atoms with E-state index in [-0.39, 0.29) is 36.8 Å². The van der Waals surface area contributed by atoms with E-state index >= 15 is 0 Å². The largest absolute Gasteiger partial charge is 0.448 e. The van der Waals surface area contributed by atoms with Crippen molar-refractivity contribution >= 4 is 21.9 Å². The lowest BCUT2D eigenvalue weighted by Gasteiger charge is -2.35. The average Bonchev–Trinajstić information content (AvgIpc) is 3.35. The second-order valence-electron chi connectivity index (χ2n) is 7.72. The van der Waals surface area contributed by atoms with Gasteiger partial charge in [0.15, 0.2) is 11.8 Å². The second-order valence-corrected chi connectivity index (χ2v) is 9.65. The summed E-state index contributed by atoms with van der Waals surface area (Å²) in [6.45, 7) is 2.11. The van der Waals surface area contributed by atoms with Crippen LogP contribution < -0.4 is 0 Å². The predicted molar refractivity (Wildman–Crippen MR) is 120 cm³/mol. The first-order valence-corrected chi connectivity index (χ1v) is 12.0. The normalized spacial score (nSPS) is 15.6. The predicted octanol–water partition coefficient (Wildman–Crippen LogP) is 2.09. The van der Waals surface area contributed by atoms with Crippen LogP contribution in [0, 0.1) is 5.82 Å². The number of piperazine rings is 1. The van der Waals surface area contributed by atoms with E-state index in [0.717, 1.165) is 0 Å². The van der Waals surface area contributed by atoms with Gasteiger partial charge in [-0.2, -0.15) is 4.31 Å². The molecule has 1 aliphatic rings. The molecule has 3 aromatic rings. The van der Waals surface area contributed by atoms with Crippen LogP contribution in [-0.2, 0) is 19.6 Å². The van der Waals surface area contributed by atoms with Crippen molar-refractivity contribution in [1.82, 2.24) is 18.8 Å². The first-order chi connectivity index (χ1) is 16.3. The second kappa shape index (κ2) is 9.74. The number of hydrogen-bond donors (Lipinski definition) is 0. The van der Waals surface area contributed by atoms with Crippen LogP contribution in [0.1, 0.15) is 17.4 Å². The number of ether oxygens (including phenoxy) is 1. The molecule has 1 saturated heterocycles. The molecule has 0 spiro atoms. The van der Waals surface area contributed by atoms with Gasteiger partial charge in [-0.3, -0.25) is 9.36 Å². The quantitative estimate of drug-likeness (QED) is 0.495. The molecule has 1 amide bonds. The zero-order valence-electron chi connectivity index (χ0n) is 18.4. The molecule has 2 heterocycles. The van der Waals surface area contributed by atoms with Gasteiger partial charge in [-0.25, -0.2) is 22.6 Å². The number of amides is 1. The van der Waals surface area contributed by atoms with Gasteiger partial charge in [-0.05, 0) is 43.3 Å². The number of benzene rings is 2. The number of hydrogen-bond acceptors (Lipinski definition) is 6. The van der Waals surface area contributed by atoms with E-state index in [0.29, 0.717) is 5.69 Å². The molecule has 4 rings (SSSR count). The highest BCUT2D eigenvalue weighted by atomic mass is 32.2. The Morgan fingerprint density at radius 3 is 2.29 bits per heavy atom. The lowest BCUT2D eigenvalue weighted by Crippen LogP contribution is -2.52. The minimum Gasteiger partial charge on any atom is -0.448 e. The van der Waals surface area contributed by atoms with Crippen LogP contribution >= 0.6 is 0 Å². The summed E-state index contributed by atoms with van der Waals surface area (Å²) in [6.07, 6.45) is 1.61. The average molecular weight is 487 g/mol. The van der Waals surface area contributed by atoms with E-state index in [1.165, 1.54) is 69.6 Å². The Hall–Kier alpha value is -3.57. The van der Waals surface area contributed by atoms with Crippen LogP contribution in [0.2, 0.25) is 0 Å². The summed E-state index contributed by atoms with van der Waals surface area (Å²) in [5.74, 6) is -1.59. The van der Waals surface area contributed by atoms with Gasteiger partial charge >= 0.3 is 5.97 Å². The smallest absolute Gasteiger partial charge is 0.357 e. The molecule has 1 fully saturated rings. The maximum atomic E-state index is 13.2. The van der Waals surface area contributed by atoms with Gasteiger partial charge in [0.1, 0.15) is 5.82 Å². The Morgan fingerprint density at radius 1 is 1.00 bits per heavy atom. The van der Waals surface area contributed by atoms with E-state index < -0.39 is 33.8 Å². The number of imidazole rings is 1. The van der Waals surface area contributed by atoms with Crippen molar-refractivity contribution in [2.45, 2.75) is 17.9 Å². The Labute approximate surface area is 196 Å². The highest BCUT2D eigenvalue weighted by Gasteiger charge is 2.32. The van der Waals surface area contributed by atoms with E-state index in [1.807, 2.05) is 0 Å². The van der Waals surface area contributed by atoms with E-state index in [1.54, 1.807) is 18.2 Å². The molecule has 0 aliphatic carbocycles. The molecule has 0 unspecified atom stereocenters. The van der Waals surface area contributed by atoms with Crippen molar-refractivity contribution in [1.29, 1.82) is 0 Å². The molecule has 2 aromatic carbocycles. The van der Waals surface area contributed by atoms with Crippen molar-refractivity contribution in [3.63, 3.8) is 0 Å². The number of nitrogens with zero attached hydrogens (tertiary/aromatic N) is 4. The number of aromatic nitrogens is 2. The Morgan fingerprint density at radius 2 is 1.65 bits per heavy atom. The van der Waals surface area contributed by atoms with Crippen molar-refractivity contribution < 1.29 is 27.1 Å². The fourth-order valence-electron chi connectivity index (χ4n) is 3.67. The first kappa shape index (κ1) is 23.6. The lowest BCUT2D eigenvalue weighted by atomic mass is 10.3. The number of halogens is 1. The van der Waals surface area contributed by atoms with Gasteiger partial charge in [0.05, 0.1) is 17.4 Å². The molecule has 1 atom stereocenters. The number of carbonyl (C=O) groups is 2. The summed E-state index contributed by atoms with van der Waals surface area (Å²) in [5.41, 5.74) is 0.602. The van der Waals surface area contributed by atoms with Crippen molar-refractivity contribution in [3.05, 3.63) is 78.6 Å². The molecule has 34 heavy (non-hydrogen) atoms. The zero-order chi connectivity index (χ0) is 24.3. The SMILES string of the molecule is C[C@@H](OC(=O)c1cncn1-c1ccc(F)cc1)C(=O)N1CCN(S(=O)(=O)c2ccccc2)CC1. The monoisotopic (exact) mass is 486 g/mol. The van der Waals surface area contributed by atoms with E-state index in [4.69, 9.17) is 4.74 Å². The molecular formula is C23H23FN4O5S. The minimum absolute atomic E-state index is 0.0880. The summed E-state index contributed by atoms with van der Waals surface area (Å²) in [5, 5.41) is 0. The zero-order valence-corrected chi connectivity index (χ0v) is 19.2. The summed E-state index contributed by atoms with van der Waals surface area (Å²) in [7, 11) is -3.64. The van der Waals surface area contributed by atoms with Crippen molar-refractivity contribution in [2.24, 2.45) is 0 Å². The summed E-state index contributed by atoms with van der Waals surface area (Å²) >= 11 is 0. The summed E-state index contributed by atoms with van der Waals surface area (Å²) in [4.78, 5) is 31.2. The van der Waals surface area contributed by atoms with Gasteiger partial charge in [-0.1, -0.05) is 18.2 Å². The highest BCUT2D eigenvalue weighted by molar-refractivity contribution is 7.89. The van der Waals surface area contributed by atoms with Crippen LogP contribution in [0.4, 0.5) is 4.39 Å². The fraction of sp³-hybridized carbons (Fsp3) is 0.261. The molecule has 11 heteroatoms. The van der Waals surface area contributed by atoms with Crippen LogP contribution in [0.25, 0.3) is 5.69 Å². The molecule has 178 valence electrons. The lowest BCUT2D eigenvalue weighted by molar-refractivity contribution is -0.141. The van der Waals surface area contributed by atoms with Gasteiger partial charge in [0, 0.05) is 31.9 Å². The topological polar surface area (TPSA) is 102 Å². The van der Waals surface area contributed by atoms with Crippen LogP contribution in [0.15, 0.2) is 72.0 Å². The van der Waals surface area contributed by atoms with Crippen LogP contribution in [0.3, 0.4) is 0 Å². The van der Waals surface area contributed by atoms with Gasteiger partial charge in [-0.15, -0.1) is 0 Å². The number of rotatable bonds is 6. The minimum atomic E-state index is -3.64. The van der Waals surface area contributed by atoms with E-state index in [2.05, 4.69) is 4.98 Å². The maximum Gasteiger partial charge on any atom is 0.357 e.